The normalized spacial score (nSPS) is 12.2. The number of anilines is 2. The number of aliphatic hydroxyl groups excluding tert-OH is 1. The van der Waals surface area contributed by atoms with E-state index in [2.05, 4.69) is 15.7 Å². The molecule has 0 aliphatic carbocycles. The molecule has 0 aliphatic heterocycles. The van der Waals surface area contributed by atoms with Crippen molar-refractivity contribution >= 4 is 17.4 Å². The minimum atomic E-state index is -0.567. The lowest BCUT2D eigenvalue weighted by Crippen LogP contribution is -2.29. The van der Waals surface area contributed by atoms with Gasteiger partial charge in [-0.05, 0) is 38.7 Å². The number of likely N-dealkylation sites (N-methyl/N-ethyl adjacent to an activating group) is 1. The molecule has 0 radical (unpaired) electrons. The predicted molar refractivity (Wildman–Crippen MR) is 90.6 cm³/mol. The standard InChI is InChI=1S/C16H22FN5O2/c1-11-4-5-14(17)15(6-11)20-16(24)19-12-7-18-22(8-12)10-13(23)9-21(2)3/h4-8,13,23H,9-10H2,1-3H3,(H2,19,20,24). The number of aryl methyl sites for hydroxylation is 1. The van der Waals surface area contributed by atoms with Crippen LogP contribution in [0.15, 0.2) is 30.6 Å². The quantitative estimate of drug-likeness (QED) is 0.753. The van der Waals surface area contributed by atoms with Crippen LogP contribution in [-0.2, 0) is 6.54 Å². The van der Waals surface area contributed by atoms with Gasteiger partial charge in [0.05, 0.1) is 30.2 Å². The van der Waals surface area contributed by atoms with Crippen LogP contribution in [0.4, 0.5) is 20.6 Å². The Balaban J connectivity index is 1.92. The highest BCUT2D eigenvalue weighted by Gasteiger charge is 2.10. The van der Waals surface area contributed by atoms with Crippen LogP contribution >= 0.6 is 0 Å². The van der Waals surface area contributed by atoms with Gasteiger partial charge in [0.1, 0.15) is 5.82 Å². The molecular formula is C16H22FN5O2. The van der Waals surface area contributed by atoms with Crippen molar-refractivity contribution in [1.82, 2.24) is 14.7 Å². The van der Waals surface area contributed by atoms with E-state index in [1.54, 1.807) is 18.3 Å². The van der Waals surface area contributed by atoms with Crippen LogP contribution in [0.5, 0.6) is 0 Å². The number of hydrogen-bond donors (Lipinski definition) is 3. The Morgan fingerprint density at radius 2 is 2.17 bits per heavy atom. The molecule has 0 saturated heterocycles. The molecule has 1 unspecified atom stereocenters. The van der Waals surface area contributed by atoms with Gasteiger partial charge in [0.2, 0.25) is 0 Å². The third kappa shape index (κ3) is 5.32. The summed E-state index contributed by atoms with van der Waals surface area (Å²) < 4.78 is 15.2. The fraction of sp³-hybridized carbons (Fsp3) is 0.375. The van der Waals surface area contributed by atoms with Gasteiger partial charge in [-0.3, -0.25) is 4.68 Å². The molecular weight excluding hydrogens is 313 g/mol. The van der Waals surface area contributed by atoms with Gasteiger partial charge in [-0.1, -0.05) is 6.07 Å². The maximum atomic E-state index is 13.6. The summed E-state index contributed by atoms with van der Waals surface area (Å²) in [6, 6.07) is 3.92. The second kappa shape index (κ2) is 7.89. The van der Waals surface area contributed by atoms with Crippen LogP contribution in [0.25, 0.3) is 0 Å². The first-order chi connectivity index (χ1) is 11.3. The largest absolute Gasteiger partial charge is 0.390 e. The molecule has 0 bridgehead atoms. The zero-order valence-corrected chi connectivity index (χ0v) is 14.0. The molecule has 0 spiro atoms. The number of hydrogen-bond acceptors (Lipinski definition) is 4. The van der Waals surface area contributed by atoms with E-state index in [1.165, 1.54) is 16.9 Å². The molecule has 2 aromatic rings. The van der Waals surface area contributed by atoms with Gasteiger partial charge in [-0.25, -0.2) is 9.18 Å². The Kier molecular flexibility index (Phi) is 5.88. The Labute approximate surface area is 140 Å². The van der Waals surface area contributed by atoms with E-state index in [0.29, 0.717) is 18.8 Å². The van der Waals surface area contributed by atoms with Crippen LogP contribution in [-0.4, -0.2) is 52.6 Å². The van der Waals surface area contributed by atoms with E-state index in [-0.39, 0.29) is 5.69 Å². The molecule has 2 rings (SSSR count). The smallest absolute Gasteiger partial charge is 0.323 e. The third-order valence-corrected chi connectivity index (χ3v) is 3.23. The number of nitrogens with zero attached hydrogens (tertiary/aromatic N) is 3. The number of urea groups is 1. The Morgan fingerprint density at radius 3 is 2.88 bits per heavy atom. The Bertz CT molecular complexity index is 702. The zero-order chi connectivity index (χ0) is 17.7. The van der Waals surface area contributed by atoms with Gasteiger partial charge < -0.3 is 20.6 Å². The van der Waals surface area contributed by atoms with Crippen LogP contribution in [0.3, 0.4) is 0 Å². The van der Waals surface area contributed by atoms with Gasteiger partial charge in [0.25, 0.3) is 0 Å². The fourth-order valence-electron chi connectivity index (χ4n) is 2.24. The maximum absolute atomic E-state index is 13.6. The number of carbonyl (C=O) groups is 1. The second-order valence-corrected chi connectivity index (χ2v) is 5.93. The lowest BCUT2D eigenvalue weighted by atomic mass is 10.2. The highest BCUT2D eigenvalue weighted by Crippen LogP contribution is 2.16. The van der Waals surface area contributed by atoms with Gasteiger partial charge in [0.15, 0.2) is 0 Å². The number of amides is 2. The molecule has 3 N–H and O–H groups in total. The average Bonchev–Trinajstić information content (AvgIpc) is 2.88. The highest BCUT2D eigenvalue weighted by atomic mass is 19.1. The van der Waals surface area contributed by atoms with Crippen molar-refractivity contribution < 1.29 is 14.3 Å². The summed E-state index contributed by atoms with van der Waals surface area (Å²) in [5.74, 6) is -0.502. The molecule has 1 aromatic heterocycles. The SMILES string of the molecule is Cc1ccc(F)c(NC(=O)Nc2cnn(CC(O)CN(C)C)c2)c1. The predicted octanol–water partition coefficient (Wildman–Crippen LogP) is 1.90. The molecule has 1 aromatic carbocycles. The molecule has 1 atom stereocenters. The van der Waals surface area contributed by atoms with E-state index in [9.17, 15) is 14.3 Å². The molecule has 1 heterocycles. The van der Waals surface area contributed by atoms with Crippen molar-refractivity contribution in [2.24, 2.45) is 0 Å². The van der Waals surface area contributed by atoms with Crippen molar-refractivity contribution in [2.75, 3.05) is 31.3 Å². The number of halogens is 1. The Morgan fingerprint density at radius 1 is 1.42 bits per heavy atom. The molecule has 0 saturated carbocycles. The minimum absolute atomic E-state index is 0.112. The summed E-state index contributed by atoms with van der Waals surface area (Å²) >= 11 is 0. The lowest BCUT2D eigenvalue weighted by molar-refractivity contribution is 0.116. The number of carbonyl (C=O) groups excluding carboxylic acids is 1. The van der Waals surface area contributed by atoms with Crippen molar-refractivity contribution in [3.05, 3.63) is 42.0 Å². The summed E-state index contributed by atoms with van der Waals surface area (Å²) in [7, 11) is 3.74. The van der Waals surface area contributed by atoms with Crippen LogP contribution in [0.2, 0.25) is 0 Å². The summed E-state index contributed by atoms with van der Waals surface area (Å²) in [6.07, 6.45) is 2.50. The number of aliphatic hydroxyl groups is 1. The zero-order valence-electron chi connectivity index (χ0n) is 14.0. The lowest BCUT2D eigenvalue weighted by Gasteiger charge is -2.15. The molecule has 0 aliphatic rings. The molecule has 8 heteroatoms. The van der Waals surface area contributed by atoms with Crippen molar-refractivity contribution in [3.63, 3.8) is 0 Å². The van der Waals surface area contributed by atoms with Gasteiger partial charge in [-0.2, -0.15) is 5.10 Å². The number of rotatable bonds is 6. The topological polar surface area (TPSA) is 82.4 Å². The van der Waals surface area contributed by atoms with Gasteiger partial charge in [0, 0.05) is 12.7 Å². The van der Waals surface area contributed by atoms with E-state index in [0.717, 1.165) is 5.56 Å². The van der Waals surface area contributed by atoms with Crippen LogP contribution in [0.1, 0.15) is 5.56 Å². The number of benzene rings is 1. The van der Waals surface area contributed by atoms with E-state index >= 15 is 0 Å². The number of nitrogens with one attached hydrogen (secondary N) is 2. The molecule has 0 fully saturated rings. The monoisotopic (exact) mass is 335 g/mol. The summed E-state index contributed by atoms with van der Waals surface area (Å²) in [5, 5.41) is 19.0. The maximum Gasteiger partial charge on any atom is 0.323 e. The van der Waals surface area contributed by atoms with Crippen LogP contribution in [0, 0.1) is 12.7 Å². The van der Waals surface area contributed by atoms with Gasteiger partial charge in [-0.15, -0.1) is 0 Å². The molecule has 7 nitrogen and oxygen atoms in total. The first-order valence-corrected chi connectivity index (χ1v) is 7.53. The summed E-state index contributed by atoms with van der Waals surface area (Å²) in [4.78, 5) is 13.8. The minimum Gasteiger partial charge on any atom is -0.390 e. The highest BCUT2D eigenvalue weighted by molar-refractivity contribution is 5.99. The Hall–Kier alpha value is -2.45. The first kappa shape index (κ1) is 17.9. The molecule has 130 valence electrons. The van der Waals surface area contributed by atoms with Crippen molar-refractivity contribution in [2.45, 2.75) is 19.6 Å². The molecule has 24 heavy (non-hydrogen) atoms. The number of aromatic nitrogens is 2. The first-order valence-electron chi connectivity index (χ1n) is 7.53. The summed E-state index contributed by atoms with van der Waals surface area (Å²) in [6.45, 7) is 2.63. The van der Waals surface area contributed by atoms with Gasteiger partial charge >= 0.3 is 6.03 Å². The fourth-order valence-corrected chi connectivity index (χ4v) is 2.24. The third-order valence-electron chi connectivity index (χ3n) is 3.23. The van der Waals surface area contributed by atoms with E-state index in [1.807, 2.05) is 25.9 Å². The average molecular weight is 335 g/mol. The second-order valence-electron chi connectivity index (χ2n) is 5.93. The van der Waals surface area contributed by atoms with E-state index in [4.69, 9.17) is 0 Å². The van der Waals surface area contributed by atoms with Crippen molar-refractivity contribution in [3.8, 4) is 0 Å². The molecule has 2 amide bonds. The van der Waals surface area contributed by atoms with Crippen molar-refractivity contribution in [1.29, 1.82) is 0 Å². The summed E-state index contributed by atoms with van der Waals surface area (Å²) in [5.41, 5.74) is 1.41. The van der Waals surface area contributed by atoms with E-state index < -0.39 is 18.0 Å². The van der Waals surface area contributed by atoms with Crippen LogP contribution < -0.4 is 10.6 Å².